The molecule has 6 heteroatoms. The monoisotopic (exact) mass is 351 g/mol. The molecule has 3 rings (SSSR count). The second-order valence-electron chi connectivity index (χ2n) is 6.30. The molecule has 1 fully saturated rings. The molecular formula is C20H21N3O3. The third kappa shape index (κ3) is 4.47. The molecule has 134 valence electrons. The maximum absolute atomic E-state index is 12.3. The second-order valence-corrected chi connectivity index (χ2v) is 6.30. The summed E-state index contributed by atoms with van der Waals surface area (Å²) in [5.74, 6) is -0.238. The van der Waals surface area contributed by atoms with E-state index in [0.717, 1.165) is 18.4 Å². The predicted molar refractivity (Wildman–Crippen MR) is 98.8 cm³/mol. The van der Waals surface area contributed by atoms with Gasteiger partial charge in [0.05, 0.1) is 0 Å². The Bertz CT molecular complexity index is 826. The van der Waals surface area contributed by atoms with E-state index in [9.17, 15) is 14.4 Å². The molecule has 1 aliphatic carbocycles. The number of amides is 3. The first-order chi connectivity index (χ1) is 12.6. The summed E-state index contributed by atoms with van der Waals surface area (Å²) in [5, 5.41) is 8.24. The molecule has 26 heavy (non-hydrogen) atoms. The van der Waals surface area contributed by atoms with Gasteiger partial charge < -0.3 is 16.0 Å². The first kappa shape index (κ1) is 17.7. The Balaban J connectivity index is 1.57. The van der Waals surface area contributed by atoms with Crippen molar-refractivity contribution in [3.63, 3.8) is 0 Å². The number of rotatable bonds is 6. The molecule has 0 radical (unpaired) electrons. The molecule has 0 unspecified atom stereocenters. The van der Waals surface area contributed by atoms with Crippen molar-refractivity contribution >= 4 is 23.4 Å². The number of nitrogens with one attached hydrogen (secondary N) is 3. The molecule has 0 bridgehead atoms. The van der Waals surface area contributed by atoms with Gasteiger partial charge in [0.15, 0.2) is 0 Å². The third-order valence-electron chi connectivity index (χ3n) is 4.24. The van der Waals surface area contributed by atoms with E-state index in [4.69, 9.17) is 0 Å². The Morgan fingerprint density at radius 2 is 1.69 bits per heavy atom. The van der Waals surface area contributed by atoms with Crippen LogP contribution in [0.1, 0.15) is 39.1 Å². The predicted octanol–water partition coefficient (Wildman–Crippen LogP) is 2.32. The van der Waals surface area contributed by atoms with Crippen LogP contribution in [0, 0.1) is 5.92 Å². The highest BCUT2D eigenvalue weighted by molar-refractivity contribution is 5.98. The zero-order valence-electron chi connectivity index (χ0n) is 14.5. The van der Waals surface area contributed by atoms with E-state index in [1.807, 2.05) is 0 Å². The van der Waals surface area contributed by atoms with Crippen LogP contribution in [0.5, 0.6) is 0 Å². The summed E-state index contributed by atoms with van der Waals surface area (Å²) in [4.78, 5) is 35.7. The largest absolute Gasteiger partial charge is 0.355 e. The van der Waals surface area contributed by atoms with Crippen molar-refractivity contribution in [2.24, 2.45) is 5.92 Å². The van der Waals surface area contributed by atoms with Gasteiger partial charge >= 0.3 is 0 Å². The highest BCUT2D eigenvalue weighted by atomic mass is 16.2. The van der Waals surface area contributed by atoms with Crippen molar-refractivity contribution in [1.82, 2.24) is 10.6 Å². The van der Waals surface area contributed by atoms with Gasteiger partial charge in [-0.15, -0.1) is 0 Å². The minimum absolute atomic E-state index is 0.0127. The topological polar surface area (TPSA) is 87.3 Å². The van der Waals surface area contributed by atoms with Gasteiger partial charge in [0.25, 0.3) is 11.8 Å². The van der Waals surface area contributed by atoms with E-state index in [2.05, 4.69) is 16.0 Å². The van der Waals surface area contributed by atoms with Gasteiger partial charge in [-0.3, -0.25) is 14.4 Å². The number of carbonyl (C=O) groups is 3. The average molecular weight is 351 g/mol. The normalized spacial score (nSPS) is 13.0. The molecule has 0 heterocycles. The molecule has 0 saturated heterocycles. The highest BCUT2D eigenvalue weighted by Crippen LogP contribution is 2.30. The smallest absolute Gasteiger partial charge is 0.251 e. The number of benzene rings is 2. The molecule has 2 aromatic carbocycles. The lowest BCUT2D eigenvalue weighted by atomic mass is 10.1. The molecule has 3 amide bonds. The molecule has 6 nitrogen and oxygen atoms in total. The minimum atomic E-state index is -0.220. The van der Waals surface area contributed by atoms with Crippen LogP contribution in [-0.2, 0) is 11.3 Å². The highest BCUT2D eigenvalue weighted by Gasteiger charge is 2.29. The van der Waals surface area contributed by atoms with Crippen LogP contribution in [0.3, 0.4) is 0 Å². The standard InChI is InChI=1S/C20H21N3O3/c1-21-18(24)14-7-5-13(6-8-14)12-22-19(25)16-3-2-4-17(11-16)23-20(26)15-9-10-15/h2-8,11,15H,9-10,12H2,1H3,(H,21,24)(H,22,25)(H,23,26). The fraction of sp³-hybridized carbons (Fsp3) is 0.250. The third-order valence-corrected chi connectivity index (χ3v) is 4.24. The fourth-order valence-electron chi connectivity index (χ4n) is 2.53. The first-order valence-corrected chi connectivity index (χ1v) is 8.57. The lowest BCUT2D eigenvalue weighted by Crippen LogP contribution is -2.23. The van der Waals surface area contributed by atoms with E-state index in [-0.39, 0.29) is 23.6 Å². The molecule has 0 spiro atoms. The molecule has 3 N–H and O–H groups in total. The van der Waals surface area contributed by atoms with Gasteiger partial charge in [-0.2, -0.15) is 0 Å². The summed E-state index contributed by atoms with van der Waals surface area (Å²) >= 11 is 0. The zero-order chi connectivity index (χ0) is 18.5. The second kappa shape index (κ2) is 7.82. The molecule has 1 saturated carbocycles. The van der Waals surface area contributed by atoms with E-state index in [1.165, 1.54) is 0 Å². The molecule has 1 aliphatic rings. The Hall–Kier alpha value is -3.15. The van der Waals surface area contributed by atoms with Crippen molar-refractivity contribution in [3.8, 4) is 0 Å². The van der Waals surface area contributed by atoms with Crippen molar-refractivity contribution in [3.05, 3.63) is 65.2 Å². The Morgan fingerprint density at radius 3 is 2.35 bits per heavy atom. The van der Waals surface area contributed by atoms with E-state index < -0.39 is 0 Å². The SMILES string of the molecule is CNC(=O)c1ccc(CNC(=O)c2cccc(NC(=O)C3CC3)c2)cc1. The summed E-state index contributed by atoms with van der Waals surface area (Å²) in [6.45, 7) is 0.353. The van der Waals surface area contributed by atoms with Gasteiger partial charge in [-0.25, -0.2) is 0 Å². The summed E-state index contributed by atoms with van der Waals surface area (Å²) in [7, 11) is 1.58. The maximum atomic E-state index is 12.3. The number of carbonyl (C=O) groups excluding carboxylic acids is 3. The van der Waals surface area contributed by atoms with E-state index in [1.54, 1.807) is 55.6 Å². The van der Waals surface area contributed by atoms with Crippen molar-refractivity contribution in [1.29, 1.82) is 0 Å². The van der Waals surface area contributed by atoms with Crippen LogP contribution in [-0.4, -0.2) is 24.8 Å². The molecule has 0 atom stereocenters. The first-order valence-electron chi connectivity index (χ1n) is 8.57. The van der Waals surface area contributed by atoms with Crippen molar-refractivity contribution in [2.45, 2.75) is 19.4 Å². The van der Waals surface area contributed by atoms with Crippen LogP contribution in [0.2, 0.25) is 0 Å². The number of anilines is 1. The number of hydrogen-bond donors (Lipinski definition) is 3. The van der Waals surface area contributed by atoms with Gasteiger partial charge in [0.1, 0.15) is 0 Å². The van der Waals surface area contributed by atoms with Gasteiger partial charge in [0, 0.05) is 36.3 Å². The molecule has 0 aromatic heterocycles. The Morgan fingerprint density at radius 1 is 0.962 bits per heavy atom. The van der Waals surface area contributed by atoms with Crippen LogP contribution >= 0.6 is 0 Å². The van der Waals surface area contributed by atoms with Crippen LogP contribution in [0.25, 0.3) is 0 Å². The van der Waals surface area contributed by atoms with E-state index in [0.29, 0.717) is 23.4 Å². The fourth-order valence-corrected chi connectivity index (χ4v) is 2.53. The Labute approximate surface area is 152 Å². The lowest BCUT2D eigenvalue weighted by Gasteiger charge is -2.09. The van der Waals surface area contributed by atoms with Crippen LogP contribution in [0.15, 0.2) is 48.5 Å². The average Bonchev–Trinajstić information content (AvgIpc) is 3.51. The number of hydrogen-bond acceptors (Lipinski definition) is 3. The summed E-state index contributed by atoms with van der Waals surface area (Å²) in [6, 6.07) is 13.9. The summed E-state index contributed by atoms with van der Waals surface area (Å²) in [6.07, 6.45) is 1.87. The van der Waals surface area contributed by atoms with E-state index >= 15 is 0 Å². The summed E-state index contributed by atoms with van der Waals surface area (Å²) < 4.78 is 0. The quantitative estimate of drug-likeness (QED) is 0.746. The van der Waals surface area contributed by atoms with Crippen molar-refractivity contribution < 1.29 is 14.4 Å². The van der Waals surface area contributed by atoms with Crippen LogP contribution in [0.4, 0.5) is 5.69 Å². The maximum Gasteiger partial charge on any atom is 0.251 e. The van der Waals surface area contributed by atoms with Gasteiger partial charge in [-0.1, -0.05) is 18.2 Å². The molecule has 2 aromatic rings. The van der Waals surface area contributed by atoms with Gasteiger partial charge in [0.2, 0.25) is 5.91 Å². The Kier molecular flexibility index (Phi) is 5.31. The lowest BCUT2D eigenvalue weighted by molar-refractivity contribution is -0.117. The zero-order valence-corrected chi connectivity index (χ0v) is 14.5. The molecule has 0 aliphatic heterocycles. The summed E-state index contributed by atoms with van der Waals surface area (Å²) in [5.41, 5.74) is 2.58. The van der Waals surface area contributed by atoms with Crippen molar-refractivity contribution in [2.75, 3.05) is 12.4 Å². The minimum Gasteiger partial charge on any atom is -0.355 e. The van der Waals surface area contributed by atoms with Gasteiger partial charge in [-0.05, 0) is 48.7 Å². The molecular weight excluding hydrogens is 330 g/mol. The van der Waals surface area contributed by atoms with Crippen LogP contribution < -0.4 is 16.0 Å².